The van der Waals surface area contributed by atoms with Crippen LogP contribution >= 0.6 is 11.6 Å². The molecule has 8 heteroatoms. The van der Waals surface area contributed by atoms with Gasteiger partial charge in [-0.05, 0) is 36.4 Å². The van der Waals surface area contributed by atoms with Crippen LogP contribution in [0.3, 0.4) is 0 Å². The highest BCUT2D eigenvalue weighted by molar-refractivity contribution is 6.34. The van der Waals surface area contributed by atoms with Crippen LogP contribution in [-0.4, -0.2) is 10.9 Å². The molecular formula is C18H11ClF3N3O. The number of pyridine rings is 1. The molecule has 26 heavy (non-hydrogen) atoms. The Bertz CT molecular complexity index is 924. The summed E-state index contributed by atoms with van der Waals surface area (Å²) in [5, 5.41) is 4.94. The maximum Gasteiger partial charge on any atom is 0.260 e. The number of hydrogen-bond donors (Lipinski definition) is 2. The smallest absolute Gasteiger partial charge is 0.260 e. The van der Waals surface area contributed by atoms with Crippen molar-refractivity contribution in [2.75, 3.05) is 10.6 Å². The van der Waals surface area contributed by atoms with Crippen molar-refractivity contribution in [1.82, 2.24) is 4.98 Å². The molecule has 0 bridgehead atoms. The van der Waals surface area contributed by atoms with Crippen molar-refractivity contribution in [1.29, 1.82) is 0 Å². The number of para-hydroxylation sites is 1. The second kappa shape index (κ2) is 7.45. The van der Waals surface area contributed by atoms with Crippen molar-refractivity contribution in [2.45, 2.75) is 0 Å². The zero-order valence-corrected chi connectivity index (χ0v) is 13.8. The molecule has 0 aliphatic carbocycles. The number of nitrogens with one attached hydrogen (secondary N) is 2. The van der Waals surface area contributed by atoms with Crippen molar-refractivity contribution in [3.63, 3.8) is 0 Å². The van der Waals surface area contributed by atoms with E-state index in [1.165, 1.54) is 36.5 Å². The Kier molecular flexibility index (Phi) is 5.09. The molecule has 0 unspecified atom stereocenters. The number of amides is 1. The lowest BCUT2D eigenvalue weighted by molar-refractivity contribution is 0.102. The lowest BCUT2D eigenvalue weighted by Gasteiger charge is -2.10. The predicted octanol–water partition coefficient (Wildman–Crippen LogP) is 5.15. The quantitative estimate of drug-likeness (QED) is 0.661. The summed E-state index contributed by atoms with van der Waals surface area (Å²) in [4.78, 5) is 16.1. The molecule has 0 saturated heterocycles. The molecule has 0 aliphatic heterocycles. The zero-order chi connectivity index (χ0) is 18.7. The first-order valence-electron chi connectivity index (χ1n) is 7.38. The Morgan fingerprint density at radius 3 is 2.19 bits per heavy atom. The van der Waals surface area contributed by atoms with E-state index in [9.17, 15) is 18.0 Å². The minimum absolute atomic E-state index is 0.0243. The van der Waals surface area contributed by atoms with E-state index >= 15 is 0 Å². The van der Waals surface area contributed by atoms with E-state index in [4.69, 9.17) is 11.6 Å². The van der Waals surface area contributed by atoms with Crippen molar-refractivity contribution in [3.05, 3.63) is 82.8 Å². The van der Waals surface area contributed by atoms with Gasteiger partial charge in [0.25, 0.3) is 5.91 Å². The van der Waals surface area contributed by atoms with E-state index in [0.29, 0.717) is 0 Å². The standard InChI is InChI=1S/C18H11ClF3N3O/c19-11-3-1-4-12(20)16(11)18(26)24-10-7-8-15(23-9-10)25-17-13(21)5-2-6-14(17)22/h1-9H,(H,23,25)(H,24,26). The zero-order valence-electron chi connectivity index (χ0n) is 13.1. The Morgan fingerprint density at radius 2 is 1.58 bits per heavy atom. The second-order valence-electron chi connectivity index (χ2n) is 5.20. The average Bonchev–Trinajstić information content (AvgIpc) is 2.59. The minimum atomic E-state index is -0.765. The second-order valence-corrected chi connectivity index (χ2v) is 5.61. The summed E-state index contributed by atoms with van der Waals surface area (Å²) >= 11 is 5.84. The van der Waals surface area contributed by atoms with Gasteiger partial charge in [0.1, 0.15) is 29.0 Å². The predicted molar refractivity (Wildman–Crippen MR) is 93.2 cm³/mol. The highest BCUT2D eigenvalue weighted by atomic mass is 35.5. The summed E-state index contributed by atoms with van der Waals surface area (Å²) in [6.45, 7) is 0. The van der Waals surface area contributed by atoms with Crippen LogP contribution < -0.4 is 10.6 Å². The number of anilines is 3. The number of carbonyl (C=O) groups excluding carboxylic acids is 1. The molecule has 1 aromatic heterocycles. The number of rotatable bonds is 4. The summed E-state index contributed by atoms with van der Waals surface area (Å²) < 4.78 is 41.0. The first-order valence-corrected chi connectivity index (χ1v) is 7.76. The number of benzene rings is 2. The lowest BCUT2D eigenvalue weighted by atomic mass is 10.2. The molecule has 1 amide bonds. The first kappa shape index (κ1) is 17.8. The number of carbonyl (C=O) groups is 1. The van der Waals surface area contributed by atoms with E-state index in [1.807, 2.05) is 0 Å². The van der Waals surface area contributed by atoms with E-state index in [2.05, 4.69) is 15.6 Å². The molecule has 2 aromatic carbocycles. The summed E-state index contributed by atoms with van der Waals surface area (Å²) in [7, 11) is 0. The number of nitrogens with zero attached hydrogens (tertiary/aromatic N) is 1. The van der Waals surface area contributed by atoms with Crippen LogP contribution in [0.2, 0.25) is 5.02 Å². The summed E-state index contributed by atoms with van der Waals surface area (Å²) in [6, 6.07) is 10.2. The van der Waals surface area contributed by atoms with Crippen LogP contribution in [0.1, 0.15) is 10.4 Å². The summed E-state index contributed by atoms with van der Waals surface area (Å²) in [5.41, 5.74) is -0.367. The van der Waals surface area contributed by atoms with Gasteiger partial charge in [0.05, 0.1) is 22.5 Å². The van der Waals surface area contributed by atoms with Crippen LogP contribution in [0.4, 0.5) is 30.4 Å². The molecule has 0 radical (unpaired) electrons. The summed E-state index contributed by atoms with van der Waals surface area (Å²) in [5.74, 6) is -2.86. The van der Waals surface area contributed by atoms with Gasteiger partial charge in [0, 0.05) is 0 Å². The highest BCUT2D eigenvalue weighted by Gasteiger charge is 2.16. The van der Waals surface area contributed by atoms with Crippen LogP contribution in [0, 0.1) is 17.5 Å². The normalized spacial score (nSPS) is 10.5. The Hall–Kier alpha value is -3.06. The molecule has 0 atom stereocenters. The van der Waals surface area contributed by atoms with Gasteiger partial charge in [-0.2, -0.15) is 0 Å². The summed E-state index contributed by atoms with van der Waals surface area (Å²) in [6.07, 6.45) is 1.26. The van der Waals surface area contributed by atoms with Crippen molar-refractivity contribution in [2.24, 2.45) is 0 Å². The Morgan fingerprint density at radius 1 is 0.923 bits per heavy atom. The molecule has 0 fully saturated rings. The van der Waals surface area contributed by atoms with Gasteiger partial charge >= 0.3 is 0 Å². The molecular weight excluding hydrogens is 367 g/mol. The largest absolute Gasteiger partial charge is 0.335 e. The molecule has 132 valence electrons. The van der Waals surface area contributed by atoms with E-state index in [-0.39, 0.29) is 27.8 Å². The topological polar surface area (TPSA) is 54.0 Å². The maximum atomic E-state index is 13.7. The highest BCUT2D eigenvalue weighted by Crippen LogP contribution is 2.23. The van der Waals surface area contributed by atoms with Crippen molar-refractivity contribution < 1.29 is 18.0 Å². The van der Waals surface area contributed by atoms with Gasteiger partial charge in [0.15, 0.2) is 0 Å². The van der Waals surface area contributed by atoms with E-state index in [0.717, 1.165) is 18.2 Å². The van der Waals surface area contributed by atoms with Crippen molar-refractivity contribution >= 4 is 34.7 Å². The van der Waals surface area contributed by atoms with E-state index in [1.54, 1.807) is 0 Å². The number of hydrogen-bond acceptors (Lipinski definition) is 3. The Balaban J connectivity index is 1.75. The van der Waals surface area contributed by atoms with Crippen LogP contribution in [0.5, 0.6) is 0 Å². The molecule has 4 nitrogen and oxygen atoms in total. The average molecular weight is 378 g/mol. The number of aromatic nitrogens is 1. The molecule has 0 saturated carbocycles. The molecule has 0 aliphatic rings. The Labute approximate surface area is 151 Å². The first-order chi connectivity index (χ1) is 12.5. The molecule has 3 rings (SSSR count). The third kappa shape index (κ3) is 3.78. The molecule has 3 aromatic rings. The fourth-order valence-electron chi connectivity index (χ4n) is 2.20. The van der Waals surface area contributed by atoms with Crippen molar-refractivity contribution in [3.8, 4) is 0 Å². The van der Waals surface area contributed by atoms with Gasteiger partial charge < -0.3 is 10.6 Å². The minimum Gasteiger partial charge on any atom is -0.335 e. The third-order valence-corrected chi connectivity index (χ3v) is 3.74. The molecule has 0 spiro atoms. The van der Waals surface area contributed by atoms with Gasteiger partial charge in [-0.25, -0.2) is 18.2 Å². The molecule has 2 N–H and O–H groups in total. The van der Waals surface area contributed by atoms with Crippen LogP contribution in [0.15, 0.2) is 54.7 Å². The lowest BCUT2D eigenvalue weighted by Crippen LogP contribution is -2.14. The SMILES string of the molecule is O=C(Nc1ccc(Nc2c(F)cccc2F)nc1)c1c(F)cccc1Cl. The fourth-order valence-corrected chi connectivity index (χ4v) is 2.44. The monoisotopic (exact) mass is 377 g/mol. The van der Waals surface area contributed by atoms with Gasteiger partial charge in [-0.1, -0.05) is 23.7 Å². The van der Waals surface area contributed by atoms with Crippen LogP contribution in [-0.2, 0) is 0 Å². The van der Waals surface area contributed by atoms with E-state index < -0.39 is 23.4 Å². The van der Waals surface area contributed by atoms with Crippen LogP contribution in [0.25, 0.3) is 0 Å². The fraction of sp³-hybridized carbons (Fsp3) is 0. The van der Waals surface area contributed by atoms with Gasteiger partial charge in [-0.3, -0.25) is 4.79 Å². The van der Waals surface area contributed by atoms with Gasteiger partial charge in [-0.15, -0.1) is 0 Å². The molecule has 1 heterocycles. The maximum absolute atomic E-state index is 13.7. The third-order valence-electron chi connectivity index (χ3n) is 3.43. The van der Waals surface area contributed by atoms with Gasteiger partial charge in [0.2, 0.25) is 0 Å². The number of halogens is 4.